The van der Waals surface area contributed by atoms with E-state index in [1.54, 1.807) is 0 Å². The molecule has 0 aromatic rings. The normalized spacial score (nSPS) is 41.3. The second-order valence-electron chi connectivity index (χ2n) is 12.4. The van der Waals surface area contributed by atoms with Gasteiger partial charge in [0.05, 0.1) is 22.7 Å². The number of allylic oxidation sites excluding steroid dienone is 5. The van der Waals surface area contributed by atoms with Gasteiger partial charge in [0.25, 0.3) is 0 Å². The highest BCUT2D eigenvalue weighted by Crippen LogP contribution is 2.61. The number of rotatable bonds is 10. The number of carbonyl (C=O) groups excluding carboxylic acids is 1. The molecule has 0 amide bonds. The number of hydrogen-bond donors (Lipinski definition) is 3. The van der Waals surface area contributed by atoms with Crippen molar-refractivity contribution in [3.63, 3.8) is 0 Å². The van der Waals surface area contributed by atoms with Crippen molar-refractivity contribution in [2.75, 3.05) is 13.2 Å². The molecule has 38 heavy (non-hydrogen) atoms. The van der Waals surface area contributed by atoms with E-state index in [4.69, 9.17) is 9.47 Å². The molecule has 1 spiro atoms. The zero-order chi connectivity index (χ0) is 28.3. The van der Waals surface area contributed by atoms with Crippen LogP contribution in [0.15, 0.2) is 47.1 Å². The molecule has 3 fully saturated rings. The maximum absolute atomic E-state index is 11.9. The largest absolute Gasteiger partial charge is 0.396 e. The Morgan fingerprint density at radius 3 is 2.53 bits per heavy atom. The van der Waals surface area contributed by atoms with E-state index in [1.165, 1.54) is 0 Å². The van der Waals surface area contributed by atoms with Gasteiger partial charge in [-0.3, -0.25) is 4.79 Å². The maximum Gasteiger partial charge on any atom is 0.167 e. The lowest BCUT2D eigenvalue weighted by atomic mass is 9.53. The van der Waals surface area contributed by atoms with E-state index in [9.17, 15) is 20.1 Å². The fourth-order valence-corrected chi connectivity index (χ4v) is 7.45. The summed E-state index contributed by atoms with van der Waals surface area (Å²) in [7, 11) is 0. The summed E-state index contributed by atoms with van der Waals surface area (Å²) in [5.41, 5.74) is 1.30. The second kappa shape index (κ2) is 12.3. The lowest BCUT2D eigenvalue weighted by molar-refractivity contribution is -0.239. The minimum Gasteiger partial charge on any atom is -0.396 e. The van der Waals surface area contributed by atoms with Gasteiger partial charge in [-0.15, -0.1) is 0 Å². The molecule has 1 saturated heterocycles. The van der Waals surface area contributed by atoms with Crippen molar-refractivity contribution in [3.05, 3.63) is 47.1 Å². The molecule has 6 nitrogen and oxygen atoms in total. The predicted molar refractivity (Wildman–Crippen MR) is 150 cm³/mol. The Bertz CT molecular complexity index is 957. The third-order valence-corrected chi connectivity index (χ3v) is 9.60. The summed E-state index contributed by atoms with van der Waals surface area (Å²) < 4.78 is 12.7. The Morgan fingerprint density at radius 2 is 1.92 bits per heavy atom. The van der Waals surface area contributed by atoms with E-state index >= 15 is 0 Å². The molecule has 0 aromatic carbocycles. The van der Waals surface area contributed by atoms with Crippen LogP contribution in [0.3, 0.4) is 0 Å². The van der Waals surface area contributed by atoms with Gasteiger partial charge in [0.2, 0.25) is 0 Å². The first kappa shape index (κ1) is 31.0. The van der Waals surface area contributed by atoms with E-state index in [1.807, 2.05) is 41.5 Å². The van der Waals surface area contributed by atoms with Gasteiger partial charge in [0.1, 0.15) is 6.29 Å². The Kier molecular flexibility index (Phi) is 10.0. The molecule has 214 valence electrons. The molecule has 0 radical (unpaired) electrons. The minimum absolute atomic E-state index is 0.0105. The van der Waals surface area contributed by atoms with Crippen LogP contribution in [0, 0.1) is 23.2 Å². The second-order valence-corrected chi connectivity index (χ2v) is 12.4. The van der Waals surface area contributed by atoms with Gasteiger partial charge in [-0.05, 0) is 104 Å². The molecule has 3 aliphatic rings. The number of ether oxygens (including phenoxy) is 2. The highest BCUT2D eigenvalue weighted by Gasteiger charge is 2.65. The fraction of sp³-hybridized carbons (Fsp3) is 0.719. The van der Waals surface area contributed by atoms with Crippen molar-refractivity contribution < 1.29 is 29.6 Å². The van der Waals surface area contributed by atoms with E-state index in [0.29, 0.717) is 44.3 Å². The van der Waals surface area contributed by atoms with Crippen LogP contribution in [0.1, 0.15) is 86.5 Å². The first-order chi connectivity index (χ1) is 17.8. The molecule has 0 unspecified atom stereocenters. The van der Waals surface area contributed by atoms with Gasteiger partial charge in [-0.2, -0.15) is 0 Å². The highest BCUT2D eigenvalue weighted by atomic mass is 16.7. The topological polar surface area (TPSA) is 96.2 Å². The third-order valence-electron chi connectivity index (χ3n) is 9.60. The van der Waals surface area contributed by atoms with Gasteiger partial charge >= 0.3 is 0 Å². The summed E-state index contributed by atoms with van der Waals surface area (Å²) in [5.74, 6) is 0.133. The van der Waals surface area contributed by atoms with Crippen molar-refractivity contribution >= 4 is 6.29 Å². The number of carbonyl (C=O) groups is 1. The first-order valence-corrected chi connectivity index (χ1v) is 14.3. The van der Waals surface area contributed by atoms with Crippen molar-refractivity contribution in [1.82, 2.24) is 0 Å². The fourth-order valence-electron chi connectivity index (χ4n) is 7.45. The average molecular weight is 531 g/mol. The quantitative estimate of drug-likeness (QED) is 0.151. The predicted octanol–water partition coefficient (Wildman–Crippen LogP) is 5.43. The van der Waals surface area contributed by atoms with Crippen LogP contribution >= 0.6 is 0 Å². The van der Waals surface area contributed by atoms with Gasteiger partial charge in [0, 0.05) is 19.1 Å². The molecule has 8 atom stereocenters. The smallest absolute Gasteiger partial charge is 0.167 e. The summed E-state index contributed by atoms with van der Waals surface area (Å²) in [6.07, 6.45) is 10.9. The molecule has 6 heteroatoms. The maximum atomic E-state index is 11.9. The Morgan fingerprint density at radius 1 is 1.21 bits per heavy atom. The number of aliphatic hydroxyl groups excluding tert-OH is 1. The molecule has 3 rings (SSSR count). The number of aldehydes is 1. The zero-order valence-corrected chi connectivity index (χ0v) is 24.3. The van der Waals surface area contributed by atoms with Crippen LogP contribution in [-0.4, -0.2) is 58.4 Å². The van der Waals surface area contributed by atoms with Gasteiger partial charge in [-0.1, -0.05) is 41.5 Å². The lowest BCUT2D eigenvalue weighted by Gasteiger charge is -2.54. The SMILES string of the molecule is C=C(C)[C@H]1CC[C@@](C)(O)[C@@H]1/C=C/C(C)=C/[C@@H]1C[C@@]2([C@H](OCC)O1)[C@H](CCCO)/C(=C(\C)C=O)CC[C@]2(C)O. The van der Waals surface area contributed by atoms with Gasteiger partial charge < -0.3 is 24.8 Å². The monoisotopic (exact) mass is 530 g/mol. The highest BCUT2D eigenvalue weighted by molar-refractivity contribution is 5.74. The van der Waals surface area contributed by atoms with Crippen LogP contribution in [0.2, 0.25) is 0 Å². The Labute approximate surface area is 229 Å². The van der Waals surface area contributed by atoms with E-state index in [0.717, 1.165) is 35.8 Å². The van der Waals surface area contributed by atoms with Crippen molar-refractivity contribution in [1.29, 1.82) is 0 Å². The molecule has 2 saturated carbocycles. The summed E-state index contributed by atoms with van der Waals surface area (Å²) in [4.78, 5) is 11.8. The van der Waals surface area contributed by atoms with Crippen LogP contribution < -0.4 is 0 Å². The van der Waals surface area contributed by atoms with Crippen LogP contribution in [-0.2, 0) is 14.3 Å². The Hall–Kier alpha value is -1.57. The van der Waals surface area contributed by atoms with Gasteiger partial charge in [-0.25, -0.2) is 0 Å². The molecular weight excluding hydrogens is 480 g/mol. The van der Waals surface area contributed by atoms with Crippen LogP contribution in [0.25, 0.3) is 0 Å². The third kappa shape index (κ3) is 5.95. The van der Waals surface area contributed by atoms with E-state index < -0.39 is 22.9 Å². The minimum atomic E-state index is -1.07. The molecule has 0 bridgehead atoms. The van der Waals surface area contributed by atoms with E-state index in [-0.39, 0.29) is 30.5 Å². The lowest BCUT2D eigenvalue weighted by Crippen LogP contribution is -2.59. The van der Waals surface area contributed by atoms with E-state index in [2.05, 4.69) is 24.8 Å². The standard InChI is InChI=1S/C32H50O6/c1-8-37-29-32(28(10-9-17-33)26(23(5)20-34)14-16-31(32,7)36)19-24(38-29)18-22(4)11-12-27-25(21(2)3)13-15-30(27,6)35/h11-12,18,20,24-25,27-29,33,35-36H,2,8-10,13-17,19H2,1,3-7H3/b12-11+,22-18+,26-23+/t24-,25-,27-,28-,29-,30-,31+,32+/m1/s1. The molecule has 2 aliphatic carbocycles. The number of aliphatic hydroxyl groups is 3. The average Bonchev–Trinajstić information content (AvgIpc) is 3.35. The van der Waals surface area contributed by atoms with Crippen LogP contribution in [0.5, 0.6) is 0 Å². The molecule has 1 heterocycles. The summed E-state index contributed by atoms with van der Waals surface area (Å²) >= 11 is 0. The summed E-state index contributed by atoms with van der Waals surface area (Å²) in [6, 6.07) is 0. The summed E-state index contributed by atoms with van der Waals surface area (Å²) in [5, 5.41) is 32.5. The molecule has 1 aliphatic heterocycles. The van der Waals surface area contributed by atoms with Crippen LogP contribution in [0.4, 0.5) is 0 Å². The van der Waals surface area contributed by atoms with Crippen molar-refractivity contribution in [3.8, 4) is 0 Å². The zero-order valence-electron chi connectivity index (χ0n) is 24.3. The number of hydrogen-bond acceptors (Lipinski definition) is 6. The first-order valence-electron chi connectivity index (χ1n) is 14.3. The summed E-state index contributed by atoms with van der Waals surface area (Å²) in [6.45, 7) is 16.2. The molecule has 3 N–H and O–H groups in total. The Balaban J connectivity index is 1.97. The van der Waals surface area contributed by atoms with Crippen molar-refractivity contribution in [2.24, 2.45) is 23.2 Å². The molecule has 0 aromatic heterocycles. The molecular formula is C32H50O6. The van der Waals surface area contributed by atoms with Gasteiger partial charge in [0.15, 0.2) is 6.29 Å². The van der Waals surface area contributed by atoms with Crippen molar-refractivity contribution in [2.45, 2.75) is 110 Å².